The molecule has 0 bridgehead atoms. The highest BCUT2D eigenvalue weighted by atomic mass is 16.4. The van der Waals surface area contributed by atoms with Gasteiger partial charge in [-0.15, -0.1) is 6.58 Å². The van der Waals surface area contributed by atoms with E-state index in [0.29, 0.717) is 6.42 Å². The van der Waals surface area contributed by atoms with Gasteiger partial charge in [0.1, 0.15) is 0 Å². The van der Waals surface area contributed by atoms with E-state index in [1.807, 2.05) is 0 Å². The Kier molecular flexibility index (Phi) is 5.77. The van der Waals surface area contributed by atoms with Crippen LogP contribution in [0.25, 0.3) is 0 Å². The number of rotatable bonds is 6. The standard InChI is InChI=1S/C7H13NO2/c1-2-5-8-6-3-4-7(9)10/h2,8H,1,3-6H2,(H,9,10). The van der Waals surface area contributed by atoms with Crippen molar-refractivity contribution in [1.29, 1.82) is 0 Å². The zero-order valence-corrected chi connectivity index (χ0v) is 5.97. The summed E-state index contributed by atoms with van der Waals surface area (Å²) in [6, 6.07) is 0. The summed E-state index contributed by atoms with van der Waals surface area (Å²) in [7, 11) is 0. The Balaban J connectivity index is 2.90. The van der Waals surface area contributed by atoms with E-state index < -0.39 is 5.97 Å². The number of hydrogen-bond acceptors (Lipinski definition) is 2. The highest BCUT2D eigenvalue weighted by Crippen LogP contribution is 1.84. The first-order chi connectivity index (χ1) is 4.77. The third-order valence-corrected chi connectivity index (χ3v) is 1.03. The van der Waals surface area contributed by atoms with Gasteiger partial charge in [-0.2, -0.15) is 0 Å². The first-order valence-corrected chi connectivity index (χ1v) is 3.30. The van der Waals surface area contributed by atoms with Crippen molar-refractivity contribution in [2.45, 2.75) is 12.8 Å². The SMILES string of the molecule is C=CCNCCCC(=O)O. The summed E-state index contributed by atoms with van der Waals surface area (Å²) in [5.74, 6) is -0.736. The Morgan fingerprint density at radius 3 is 2.90 bits per heavy atom. The predicted octanol–water partition coefficient (Wildman–Crippen LogP) is 0.627. The maximum atomic E-state index is 9.98. The van der Waals surface area contributed by atoms with Gasteiger partial charge in [0.05, 0.1) is 0 Å². The fourth-order valence-corrected chi connectivity index (χ4v) is 0.569. The van der Waals surface area contributed by atoms with E-state index in [1.54, 1.807) is 6.08 Å². The maximum absolute atomic E-state index is 9.98. The number of hydrogen-bond donors (Lipinski definition) is 2. The largest absolute Gasteiger partial charge is 0.481 e. The number of carboxylic acid groups (broad SMARTS) is 1. The van der Waals surface area contributed by atoms with Crippen molar-refractivity contribution >= 4 is 5.97 Å². The smallest absolute Gasteiger partial charge is 0.303 e. The summed E-state index contributed by atoms with van der Waals surface area (Å²) in [6.45, 7) is 5.01. The number of nitrogens with one attached hydrogen (secondary N) is 1. The fraction of sp³-hybridized carbons (Fsp3) is 0.571. The summed E-state index contributed by atoms with van der Waals surface area (Å²) in [5, 5.41) is 11.2. The van der Waals surface area contributed by atoms with Crippen molar-refractivity contribution in [3.05, 3.63) is 12.7 Å². The van der Waals surface area contributed by atoms with E-state index in [9.17, 15) is 4.79 Å². The molecule has 0 saturated carbocycles. The van der Waals surface area contributed by atoms with Gasteiger partial charge in [-0.1, -0.05) is 6.08 Å². The lowest BCUT2D eigenvalue weighted by atomic mass is 10.3. The van der Waals surface area contributed by atoms with Crippen molar-refractivity contribution < 1.29 is 9.90 Å². The Hall–Kier alpha value is -0.830. The van der Waals surface area contributed by atoms with Crippen molar-refractivity contribution in [3.8, 4) is 0 Å². The summed E-state index contributed by atoms with van der Waals surface area (Å²) in [6.07, 6.45) is 2.67. The monoisotopic (exact) mass is 143 g/mol. The number of carbonyl (C=O) groups is 1. The second kappa shape index (κ2) is 6.29. The van der Waals surface area contributed by atoms with Crippen LogP contribution in [0, 0.1) is 0 Å². The molecule has 10 heavy (non-hydrogen) atoms. The van der Waals surface area contributed by atoms with Gasteiger partial charge in [0.15, 0.2) is 0 Å². The second-order valence-corrected chi connectivity index (χ2v) is 1.99. The molecule has 2 N–H and O–H groups in total. The van der Waals surface area contributed by atoms with Crippen LogP contribution in [0.4, 0.5) is 0 Å². The van der Waals surface area contributed by atoms with E-state index in [4.69, 9.17) is 5.11 Å². The van der Waals surface area contributed by atoms with Crippen molar-refractivity contribution in [2.24, 2.45) is 0 Å². The van der Waals surface area contributed by atoms with E-state index in [-0.39, 0.29) is 6.42 Å². The number of aliphatic carboxylic acids is 1. The lowest BCUT2D eigenvalue weighted by Crippen LogP contribution is -2.15. The van der Waals surface area contributed by atoms with Gasteiger partial charge in [-0.05, 0) is 13.0 Å². The zero-order valence-electron chi connectivity index (χ0n) is 5.97. The summed E-state index contributed by atoms with van der Waals surface area (Å²) >= 11 is 0. The molecule has 3 nitrogen and oxygen atoms in total. The molecule has 58 valence electrons. The fourth-order valence-electron chi connectivity index (χ4n) is 0.569. The summed E-state index contributed by atoms with van der Waals surface area (Å²) < 4.78 is 0. The van der Waals surface area contributed by atoms with E-state index in [2.05, 4.69) is 11.9 Å². The zero-order chi connectivity index (χ0) is 7.82. The second-order valence-electron chi connectivity index (χ2n) is 1.99. The first-order valence-electron chi connectivity index (χ1n) is 3.30. The third kappa shape index (κ3) is 7.17. The molecule has 3 heteroatoms. The van der Waals surface area contributed by atoms with Gasteiger partial charge < -0.3 is 10.4 Å². The van der Waals surface area contributed by atoms with Crippen LogP contribution >= 0.6 is 0 Å². The van der Waals surface area contributed by atoms with Crippen molar-refractivity contribution in [3.63, 3.8) is 0 Å². The molecule has 0 fully saturated rings. The maximum Gasteiger partial charge on any atom is 0.303 e. The lowest BCUT2D eigenvalue weighted by molar-refractivity contribution is -0.137. The van der Waals surface area contributed by atoms with Crippen LogP contribution in [0.2, 0.25) is 0 Å². The van der Waals surface area contributed by atoms with Crippen LogP contribution in [0.15, 0.2) is 12.7 Å². The van der Waals surface area contributed by atoms with Crippen LogP contribution in [-0.2, 0) is 4.79 Å². The Morgan fingerprint density at radius 1 is 1.70 bits per heavy atom. The van der Waals surface area contributed by atoms with Crippen LogP contribution in [0.3, 0.4) is 0 Å². The molecule has 0 aromatic rings. The molecule has 0 amide bonds. The molecular formula is C7H13NO2. The highest BCUT2D eigenvalue weighted by Gasteiger charge is 1.93. The molecule has 0 aromatic carbocycles. The van der Waals surface area contributed by atoms with E-state index in [0.717, 1.165) is 13.1 Å². The topological polar surface area (TPSA) is 49.3 Å². The molecule has 0 heterocycles. The van der Waals surface area contributed by atoms with Gasteiger partial charge >= 0.3 is 5.97 Å². The molecular weight excluding hydrogens is 130 g/mol. The minimum absolute atomic E-state index is 0.240. The molecule has 0 aliphatic carbocycles. The third-order valence-electron chi connectivity index (χ3n) is 1.03. The van der Waals surface area contributed by atoms with Gasteiger partial charge in [0, 0.05) is 13.0 Å². The van der Waals surface area contributed by atoms with Crippen LogP contribution in [0.1, 0.15) is 12.8 Å². The molecule has 0 aliphatic rings. The quantitative estimate of drug-likeness (QED) is 0.423. The number of carboxylic acids is 1. The van der Waals surface area contributed by atoms with Crippen LogP contribution < -0.4 is 5.32 Å². The minimum atomic E-state index is -0.736. The molecule has 0 rings (SSSR count). The normalized spacial score (nSPS) is 9.20. The van der Waals surface area contributed by atoms with Crippen molar-refractivity contribution in [2.75, 3.05) is 13.1 Å². The van der Waals surface area contributed by atoms with E-state index >= 15 is 0 Å². The summed E-state index contributed by atoms with van der Waals surface area (Å²) in [5.41, 5.74) is 0. The molecule has 0 aromatic heterocycles. The minimum Gasteiger partial charge on any atom is -0.481 e. The average Bonchev–Trinajstić information content (AvgIpc) is 1.87. The molecule has 0 radical (unpaired) electrons. The molecule has 0 saturated heterocycles. The van der Waals surface area contributed by atoms with Gasteiger partial charge in [-0.3, -0.25) is 4.79 Å². The molecule has 0 unspecified atom stereocenters. The van der Waals surface area contributed by atoms with E-state index in [1.165, 1.54) is 0 Å². The molecule has 0 spiro atoms. The summed E-state index contributed by atoms with van der Waals surface area (Å²) in [4.78, 5) is 9.98. The van der Waals surface area contributed by atoms with Crippen LogP contribution in [-0.4, -0.2) is 24.2 Å². The Labute approximate surface area is 60.7 Å². The molecule has 0 aliphatic heterocycles. The molecule has 0 atom stereocenters. The van der Waals surface area contributed by atoms with Gasteiger partial charge in [0.2, 0.25) is 0 Å². The highest BCUT2D eigenvalue weighted by molar-refractivity contribution is 5.66. The Morgan fingerprint density at radius 2 is 2.40 bits per heavy atom. The lowest BCUT2D eigenvalue weighted by Gasteiger charge is -1.97. The van der Waals surface area contributed by atoms with Gasteiger partial charge in [0.25, 0.3) is 0 Å². The Bertz CT molecular complexity index is 112. The van der Waals surface area contributed by atoms with Gasteiger partial charge in [-0.25, -0.2) is 0 Å². The first kappa shape index (κ1) is 9.17. The predicted molar refractivity (Wildman–Crippen MR) is 39.9 cm³/mol. The average molecular weight is 143 g/mol. The van der Waals surface area contributed by atoms with Crippen LogP contribution in [0.5, 0.6) is 0 Å². The van der Waals surface area contributed by atoms with Crippen molar-refractivity contribution in [1.82, 2.24) is 5.32 Å².